The van der Waals surface area contributed by atoms with E-state index in [-0.39, 0.29) is 12.4 Å². The van der Waals surface area contributed by atoms with E-state index >= 15 is 0 Å². The molecule has 0 fully saturated rings. The van der Waals surface area contributed by atoms with Crippen LogP contribution in [-0.4, -0.2) is 11.1 Å². The molecule has 0 unspecified atom stereocenters. The summed E-state index contributed by atoms with van der Waals surface area (Å²) in [5, 5.41) is 8.13. The molecule has 0 amide bonds. The second-order valence-corrected chi connectivity index (χ2v) is 1.88. The minimum absolute atomic E-state index is 0. The van der Waals surface area contributed by atoms with Crippen molar-refractivity contribution >= 4 is 18.4 Å². The summed E-state index contributed by atoms with van der Waals surface area (Å²) in [7, 11) is 0. The first-order valence-electron chi connectivity index (χ1n) is 3.17. The Bertz CT molecular complexity index is 110. The van der Waals surface area contributed by atoms with E-state index in [1.54, 1.807) is 6.08 Å². The predicted octanol–water partition coefficient (Wildman–Crippen LogP) is 2.24. The Morgan fingerprint density at radius 3 is 2.60 bits per heavy atom. The normalized spacial score (nSPS) is 9.30. The van der Waals surface area contributed by atoms with Crippen molar-refractivity contribution in [2.45, 2.75) is 26.2 Å². The molecule has 0 saturated heterocycles. The highest BCUT2D eigenvalue weighted by molar-refractivity contribution is 5.85. The van der Waals surface area contributed by atoms with Crippen LogP contribution in [0.25, 0.3) is 0 Å². The van der Waals surface area contributed by atoms with Gasteiger partial charge in [-0.2, -0.15) is 0 Å². The molecule has 0 spiro atoms. The summed E-state index contributed by atoms with van der Waals surface area (Å²) in [5.74, 6) is -0.855. The van der Waals surface area contributed by atoms with Crippen LogP contribution in [-0.2, 0) is 4.79 Å². The minimum atomic E-state index is -0.855. The molecule has 60 valence electrons. The van der Waals surface area contributed by atoms with Crippen molar-refractivity contribution in [3.05, 3.63) is 12.2 Å². The summed E-state index contributed by atoms with van der Waals surface area (Å²) < 4.78 is 0. The smallest absolute Gasteiger partial charge is 0.327 e. The van der Waals surface area contributed by atoms with E-state index in [0.717, 1.165) is 19.3 Å². The Morgan fingerprint density at radius 2 is 2.20 bits per heavy atom. The number of rotatable bonds is 4. The summed E-state index contributed by atoms with van der Waals surface area (Å²) in [6.45, 7) is 2.08. The van der Waals surface area contributed by atoms with Gasteiger partial charge in [0.1, 0.15) is 0 Å². The van der Waals surface area contributed by atoms with Crippen LogP contribution in [0.1, 0.15) is 26.2 Å². The van der Waals surface area contributed by atoms with Gasteiger partial charge in [-0.1, -0.05) is 25.8 Å². The molecule has 0 rings (SSSR count). The molecule has 0 bridgehead atoms. The lowest BCUT2D eigenvalue weighted by atomic mass is 10.2. The van der Waals surface area contributed by atoms with Crippen molar-refractivity contribution < 1.29 is 9.90 Å². The van der Waals surface area contributed by atoms with Crippen LogP contribution in [0.2, 0.25) is 0 Å². The molecule has 0 aliphatic heterocycles. The first-order chi connectivity index (χ1) is 4.27. The van der Waals surface area contributed by atoms with Crippen molar-refractivity contribution in [1.82, 2.24) is 0 Å². The van der Waals surface area contributed by atoms with Crippen LogP contribution in [0.15, 0.2) is 12.2 Å². The van der Waals surface area contributed by atoms with E-state index in [4.69, 9.17) is 5.11 Å². The molecular formula is C7H13ClO2. The van der Waals surface area contributed by atoms with Crippen LogP contribution in [0, 0.1) is 0 Å². The molecule has 0 saturated carbocycles. The van der Waals surface area contributed by atoms with Crippen LogP contribution in [0.3, 0.4) is 0 Å². The zero-order valence-corrected chi connectivity index (χ0v) is 6.86. The summed E-state index contributed by atoms with van der Waals surface area (Å²) in [5.41, 5.74) is 0. The van der Waals surface area contributed by atoms with Crippen LogP contribution >= 0.6 is 12.4 Å². The molecule has 0 aromatic rings. The minimum Gasteiger partial charge on any atom is -0.478 e. The van der Waals surface area contributed by atoms with Gasteiger partial charge in [0.15, 0.2) is 0 Å². The fourth-order valence-corrected chi connectivity index (χ4v) is 0.506. The first kappa shape index (κ1) is 12.2. The summed E-state index contributed by atoms with van der Waals surface area (Å²) >= 11 is 0. The molecule has 0 atom stereocenters. The Morgan fingerprint density at radius 1 is 1.60 bits per heavy atom. The summed E-state index contributed by atoms with van der Waals surface area (Å²) in [4.78, 5) is 9.88. The van der Waals surface area contributed by atoms with Crippen LogP contribution in [0.4, 0.5) is 0 Å². The molecule has 0 heterocycles. The molecule has 0 aromatic heterocycles. The maximum absolute atomic E-state index is 9.88. The van der Waals surface area contributed by atoms with Crippen LogP contribution in [0.5, 0.6) is 0 Å². The van der Waals surface area contributed by atoms with Gasteiger partial charge in [-0.15, -0.1) is 12.4 Å². The van der Waals surface area contributed by atoms with Crippen LogP contribution < -0.4 is 0 Å². The van der Waals surface area contributed by atoms with Gasteiger partial charge in [0.25, 0.3) is 0 Å². The molecule has 0 aromatic carbocycles. The zero-order chi connectivity index (χ0) is 7.11. The van der Waals surface area contributed by atoms with Gasteiger partial charge < -0.3 is 5.11 Å². The van der Waals surface area contributed by atoms with Gasteiger partial charge in [-0.3, -0.25) is 0 Å². The molecule has 1 N–H and O–H groups in total. The lowest BCUT2D eigenvalue weighted by Crippen LogP contribution is -1.85. The fourth-order valence-electron chi connectivity index (χ4n) is 0.506. The quantitative estimate of drug-likeness (QED) is 0.511. The van der Waals surface area contributed by atoms with Crippen molar-refractivity contribution in [2.75, 3.05) is 0 Å². The monoisotopic (exact) mass is 164 g/mol. The molecule has 3 heteroatoms. The number of hydrogen-bond acceptors (Lipinski definition) is 1. The number of unbranched alkanes of at least 4 members (excludes halogenated alkanes) is 2. The standard InChI is InChI=1S/C7H12O2.ClH/c1-2-3-4-5-6-7(8)9;/h5-6H,2-4H2,1H3,(H,8,9);1H. The average Bonchev–Trinajstić information content (AvgIpc) is 1.80. The Labute approximate surface area is 67.3 Å². The van der Waals surface area contributed by atoms with Gasteiger partial charge >= 0.3 is 5.97 Å². The highest BCUT2D eigenvalue weighted by Crippen LogP contribution is 1.93. The average molecular weight is 165 g/mol. The number of aliphatic carboxylic acids is 1. The SMILES string of the molecule is CCCCC=CC(=O)O.Cl. The summed E-state index contributed by atoms with van der Waals surface area (Å²) in [6, 6.07) is 0. The van der Waals surface area contributed by atoms with Crippen molar-refractivity contribution in [2.24, 2.45) is 0 Å². The largest absolute Gasteiger partial charge is 0.478 e. The van der Waals surface area contributed by atoms with E-state index in [9.17, 15) is 4.79 Å². The molecule has 0 aliphatic rings. The lowest BCUT2D eigenvalue weighted by Gasteiger charge is -1.85. The van der Waals surface area contributed by atoms with E-state index in [0.29, 0.717) is 0 Å². The third-order valence-electron chi connectivity index (χ3n) is 0.985. The summed E-state index contributed by atoms with van der Waals surface area (Å²) in [6.07, 6.45) is 5.94. The number of carbonyl (C=O) groups is 1. The highest BCUT2D eigenvalue weighted by atomic mass is 35.5. The van der Waals surface area contributed by atoms with Crippen molar-refractivity contribution in [3.8, 4) is 0 Å². The second kappa shape index (κ2) is 8.50. The van der Waals surface area contributed by atoms with Crippen molar-refractivity contribution in [3.63, 3.8) is 0 Å². The van der Waals surface area contributed by atoms with E-state index in [2.05, 4.69) is 6.92 Å². The highest BCUT2D eigenvalue weighted by Gasteiger charge is 1.83. The number of allylic oxidation sites excluding steroid dienone is 1. The van der Waals surface area contributed by atoms with E-state index in [1.165, 1.54) is 6.08 Å². The maximum Gasteiger partial charge on any atom is 0.327 e. The van der Waals surface area contributed by atoms with Gasteiger partial charge in [0.2, 0.25) is 0 Å². The number of carboxylic acids is 1. The van der Waals surface area contributed by atoms with Gasteiger partial charge in [-0.25, -0.2) is 4.79 Å². The molecule has 2 nitrogen and oxygen atoms in total. The first-order valence-corrected chi connectivity index (χ1v) is 3.17. The molecule has 0 radical (unpaired) electrons. The number of carboxylic acid groups (broad SMARTS) is 1. The predicted molar refractivity (Wildman–Crippen MR) is 43.5 cm³/mol. The molecule has 0 aliphatic carbocycles. The fraction of sp³-hybridized carbons (Fsp3) is 0.571. The zero-order valence-electron chi connectivity index (χ0n) is 6.04. The van der Waals surface area contributed by atoms with Gasteiger partial charge in [0.05, 0.1) is 0 Å². The Balaban J connectivity index is 0. The van der Waals surface area contributed by atoms with E-state index in [1.807, 2.05) is 0 Å². The Hall–Kier alpha value is -0.500. The van der Waals surface area contributed by atoms with Gasteiger partial charge in [-0.05, 0) is 6.42 Å². The number of halogens is 1. The third-order valence-corrected chi connectivity index (χ3v) is 0.985. The lowest BCUT2D eigenvalue weighted by molar-refractivity contribution is -0.131. The van der Waals surface area contributed by atoms with Gasteiger partial charge in [0, 0.05) is 6.08 Å². The third kappa shape index (κ3) is 10.5. The number of hydrogen-bond donors (Lipinski definition) is 1. The Kier molecular flexibility index (Phi) is 10.4. The maximum atomic E-state index is 9.88. The topological polar surface area (TPSA) is 37.3 Å². The molecular weight excluding hydrogens is 152 g/mol. The van der Waals surface area contributed by atoms with E-state index < -0.39 is 5.97 Å². The second-order valence-electron chi connectivity index (χ2n) is 1.88. The van der Waals surface area contributed by atoms with Crippen molar-refractivity contribution in [1.29, 1.82) is 0 Å². The molecule has 10 heavy (non-hydrogen) atoms.